The number of benzene rings is 2. The molecule has 8 rings (SSSR count). The van der Waals surface area contributed by atoms with E-state index in [1.807, 2.05) is 86.4 Å². The number of aryl methyl sites for hydroxylation is 1. The van der Waals surface area contributed by atoms with E-state index in [-0.39, 0.29) is 48.6 Å². The number of nitrogens with zero attached hydrogens (tertiary/aromatic N) is 4. The van der Waals surface area contributed by atoms with E-state index in [1.54, 1.807) is 33.6 Å². The molecule has 6 heterocycles. The fraction of sp³-hybridized carbons (Fsp3) is 0.333. The Morgan fingerprint density at radius 2 is 1.38 bits per heavy atom. The van der Waals surface area contributed by atoms with Crippen molar-refractivity contribution in [2.24, 2.45) is 18.9 Å². The fourth-order valence-corrected chi connectivity index (χ4v) is 9.64. The molecule has 2 fully saturated rings. The van der Waals surface area contributed by atoms with Gasteiger partial charge >= 0.3 is 0 Å². The molecular weight excluding hydrogens is 736 g/mol. The number of aromatic nitrogens is 2. The van der Waals surface area contributed by atoms with E-state index in [0.29, 0.717) is 68.9 Å². The number of nitrogens with one attached hydrogen (secondary N) is 2. The van der Waals surface area contributed by atoms with Crippen molar-refractivity contribution in [2.75, 3.05) is 26.2 Å². The van der Waals surface area contributed by atoms with E-state index in [9.17, 15) is 23.6 Å². The summed E-state index contributed by atoms with van der Waals surface area (Å²) in [5, 5.41) is 10.1. The number of carbonyl (C=O) groups excluding carboxylic acids is 4. The van der Waals surface area contributed by atoms with Gasteiger partial charge in [-0.25, -0.2) is 4.39 Å². The van der Waals surface area contributed by atoms with Crippen LogP contribution < -0.4 is 10.6 Å². The predicted octanol–water partition coefficient (Wildman–Crippen LogP) is 6.78. The Hall–Kier alpha value is -5.27. The molecule has 4 aromatic heterocycles. The lowest BCUT2D eigenvalue weighted by Crippen LogP contribution is -2.45. The Morgan fingerprint density at radius 1 is 0.709 bits per heavy atom. The fourth-order valence-electron chi connectivity index (χ4n) is 7.96. The van der Waals surface area contributed by atoms with Crippen LogP contribution in [0.4, 0.5) is 4.39 Å². The zero-order valence-corrected chi connectivity index (χ0v) is 32.3. The zero-order valence-electron chi connectivity index (χ0n) is 30.6. The van der Waals surface area contributed by atoms with Crippen molar-refractivity contribution in [2.45, 2.75) is 45.3 Å². The van der Waals surface area contributed by atoms with Gasteiger partial charge in [-0.15, -0.1) is 22.7 Å². The summed E-state index contributed by atoms with van der Waals surface area (Å²) >= 11 is 3.14. The van der Waals surface area contributed by atoms with E-state index in [0.717, 1.165) is 38.0 Å². The van der Waals surface area contributed by atoms with Crippen molar-refractivity contribution < 1.29 is 23.6 Å². The van der Waals surface area contributed by atoms with Gasteiger partial charge in [-0.1, -0.05) is 36.4 Å². The Morgan fingerprint density at radius 3 is 2.15 bits per heavy atom. The zero-order chi connectivity index (χ0) is 38.1. The number of hydrogen-bond donors (Lipinski definition) is 2. The van der Waals surface area contributed by atoms with Crippen LogP contribution >= 0.6 is 22.7 Å². The van der Waals surface area contributed by atoms with Crippen LogP contribution in [0.5, 0.6) is 0 Å². The Bertz CT molecular complexity index is 2370. The molecule has 2 aliphatic rings. The summed E-state index contributed by atoms with van der Waals surface area (Å²) < 4.78 is 20.7. The first-order chi connectivity index (χ1) is 26.7. The lowest BCUT2D eigenvalue weighted by atomic mass is 9.95. The molecule has 55 heavy (non-hydrogen) atoms. The van der Waals surface area contributed by atoms with Crippen molar-refractivity contribution in [3.8, 4) is 0 Å². The highest BCUT2D eigenvalue weighted by Gasteiger charge is 2.32. The Kier molecular flexibility index (Phi) is 10.6. The van der Waals surface area contributed by atoms with Gasteiger partial charge in [0, 0.05) is 58.8 Å². The minimum Gasteiger partial charge on any atom is -0.352 e. The molecule has 2 aromatic carbocycles. The van der Waals surface area contributed by atoms with Gasteiger partial charge in [0.1, 0.15) is 17.2 Å². The Balaban J connectivity index is 0.919. The molecule has 1 unspecified atom stereocenters. The minimum absolute atomic E-state index is 0.00631. The molecule has 2 N–H and O–H groups in total. The molecule has 284 valence electrons. The number of carbonyl (C=O) groups is 4. The van der Waals surface area contributed by atoms with Gasteiger partial charge in [0.15, 0.2) is 0 Å². The molecule has 10 nitrogen and oxygen atoms in total. The summed E-state index contributed by atoms with van der Waals surface area (Å²) in [6.45, 7) is 2.76. The largest absolute Gasteiger partial charge is 0.352 e. The summed E-state index contributed by atoms with van der Waals surface area (Å²) in [5.41, 5.74) is 5.49. The van der Waals surface area contributed by atoms with Crippen LogP contribution in [-0.4, -0.2) is 68.7 Å². The van der Waals surface area contributed by atoms with E-state index in [4.69, 9.17) is 0 Å². The van der Waals surface area contributed by atoms with Gasteiger partial charge in [0.25, 0.3) is 11.8 Å². The molecule has 6 aromatic rings. The number of hydrogen-bond acceptors (Lipinski definition) is 6. The van der Waals surface area contributed by atoms with Gasteiger partial charge in [-0.3, -0.25) is 19.2 Å². The molecule has 0 spiro atoms. The molecule has 0 bridgehead atoms. The maximum atomic E-state index is 14.8. The Labute approximate surface area is 326 Å². The SMILES string of the molecule is Cn1c(C(=O)N2CCCC(C(=O)NCc3ccc(F)cc3Cn3c(C(=O)N4CCC(C(=O)NCc5ccccc5)CC4)cc4sccc43)C2)cc2sccc21. The summed E-state index contributed by atoms with van der Waals surface area (Å²) in [7, 11) is 1.89. The van der Waals surface area contributed by atoms with Crippen LogP contribution in [-0.2, 0) is 36.3 Å². The van der Waals surface area contributed by atoms with Gasteiger partial charge in [-0.2, -0.15) is 0 Å². The molecule has 0 radical (unpaired) electrons. The smallest absolute Gasteiger partial charge is 0.270 e. The molecular formula is C42H43FN6O4S2. The number of thiophene rings is 2. The number of likely N-dealkylation sites (tertiary alicyclic amines) is 2. The second kappa shape index (κ2) is 15.8. The lowest BCUT2D eigenvalue weighted by Gasteiger charge is -2.32. The van der Waals surface area contributed by atoms with E-state index >= 15 is 0 Å². The summed E-state index contributed by atoms with van der Waals surface area (Å²) in [6, 6.07) is 22.1. The highest BCUT2D eigenvalue weighted by Crippen LogP contribution is 2.30. The quantitative estimate of drug-likeness (QED) is 0.160. The van der Waals surface area contributed by atoms with Crippen molar-refractivity contribution in [1.29, 1.82) is 0 Å². The first kappa shape index (κ1) is 36.7. The number of rotatable bonds is 10. The topological polar surface area (TPSA) is 109 Å². The molecule has 2 saturated heterocycles. The third kappa shape index (κ3) is 7.68. The summed E-state index contributed by atoms with van der Waals surface area (Å²) in [6.07, 6.45) is 2.55. The first-order valence-corrected chi connectivity index (χ1v) is 20.5. The normalized spacial score (nSPS) is 16.5. The van der Waals surface area contributed by atoms with E-state index in [2.05, 4.69) is 10.6 Å². The highest BCUT2D eigenvalue weighted by atomic mass is 32.1. The number of fused-ring (bicyclic) bond motifs is 2. The average molecular weight is 779 g/mol. The van der Waals surface area contributed by atoms with Gasteiger partial charge < -0.3 is 29.6 Å². The predicted molar refractivity (Wildman–Crippen MR) is 214 cm³/mol. The molecule has 13 heteroatoms. The van der Waals surface area contributed by atoms with Crippen LogP contribution in [0, 0.1) is 17.7 Å². The van der Waals surface area contributed by atoms with Crippen LogP contribution in [0.15, 0.2) is 83.6 Å². The van der Waals surface area contributed by atoms with Crippen molar-refractivity contribution >= 4 is 66.7 Å². The van der Waals surface area contributed by atoms with E-state index in [1.165, 1.54) is 12.1 Å². The van der Waals surface area contributed by atoms with Gasteiger partial charge in [0.2, 0.25) is 11.8 Å². The van der Waals surface area contributed by atoms with Crippen LogP contribution in [0.3, 0.4) is 0 Å². The number of piperidine rings is 2. The molecule has 4 amide bonds. The van der Waals surface area contributed by atoms with Gasteiger partial charge in [-0.05, 0) is 89.5 Å². The van der Waals surface area contributed by atoms with Crippen LogP contribution in [0.25, 0.3) is 20.4 Å². The molecule has 0 saturated carbocycles. The third-order valence-electron chi connectivity index (χ3n) is 11.1. The number of halogens is 1. The van der Waals surface area contributed by atoms with Crippen molar-refractivity contribution in [1.82, 2.24) is 29.6 Å². The molecule has 1 atom stereocenters. The third-order valence-corrected chi connectivity index (χ3v) is 12.8. The first-order valence-electron chi connectivity index (χ1n) is 18.8. The molecule has 0 aliphatic carbocycles. The minimum atomic E-state index is -0.402. The maximum Gasteiger partial charge on any atom is 0.270 e. The van der Waals surface area contributed by atoms with Gasteiger partial charge in [0.05, 0.1) is 26.4 Å². The standard InChI is InChI=1S/C42H43FN6O4S2/c1-46-33-13-18-54-37(33)21-35(46)41(52)48-15-5-8-30(25-48)40(51)45-24-29-9-10-32(43)20-31(29)26-49-34-14-19-55-38(34)22-36(49)42(53)47-16-11-28(12-17-47)39(50)44-23-27-6-3-2-4-7-27/h2-4,6-7,9-10,13-14,18-22,28,30H,5,8,11-12,15-17,23-26H2,1H3,(H,44,50)(H,45,51). The second-order valence-electron chi connectivity index (χ2n) is 14.5. The monoisotopic (exact) mass is 778 g/mol. The van der Waals surface area contributed by atoms with Crippen LogP contribution in [0.1, 0.15) is 63.4 Å². The van der Waals surface area contributed by atoms with Crippen molar-refractivity contribution in [3.05, 3.63) is 117 Å². The maximum absolute atomic E-state index is 14.8. The van der Waals surface area contributed by atoms with Crippen molar-refractivity contribution in [3.63, 3.8) is 0 Å². The summed E-state index contributed by atoms with van der Waals surface area (Å²) in [5.74, 6) is -1.25. The average Bonchev–Trinajstić information content (AvgIpc) is 4.01. The molecule has 2 aliphatic heterocycles. The van der Waals surface area contributed by atoms with Crippen LogP contribution in [0.2, 0.25) is 0 Å². The summed E-state index contributed by atoms with van der Waals surface area (Å²) in [4.78, 5) is 57.7. The van der Waals surface area contributed by atoms with E-state index < -0.39 is 5.82 Å². The number of amides is 4. The highest BCUT2D eigenvalue weighted by molar-refractivity contribution is 7.17. The lowest BCUT2D eigenvalue weighted by molar-refractivity contribution is -0.127. The second-order valence-corrected chi connectivity index (χ2v) is 16.4.